The molecule has 114 valence electrons. The van der Waals surface area contributed by atoms with Gasteiger partial charge in [0.15, 0.2) is 5.38 Å². The maximum absolute atomic E-state index is 12.0. The molecular formula is C17H17ClN2O2. The second-order valence-corrected chi connectivity index (χ2v) is 5.51. The largest absolute Gasteiger partial charge is 0.324 e. The van der Waals surface area contributed by atoms with E-state index >= 15 is 0 Å². The second kappa shape index (κ2) is 7.09. The van der Waals surface area contributed by atoms with Crippen LogP contribution in [0.25, 0.3) is 0 Å². The van der Waals surface area contributed by atoms with Crippen LogP contribution < -0.4 is 10.6 Å². The minimum atomic E-state index is -1.30. The van der Waals surface area contributed by atoms with Gasteiger partial charge in [-0.25, -0.2) is 0 Å². The Morgan fingerprint density at radius 1 is 0.773 bits per heavy atom. The molecule has 0 aliphatic heterocycles. The van der Waals surface area contributed by atoms with Crippen molar-refractivity contribution in [3.8, 4) is 0 Å². The van der Waals surface area contributed by atoms with Gasteiger partial charge >= 0.3 is 0 Å². The second-order valence-electron chi connectivity index (χ2n) is 5.07. The molecule has 0 aliphatic carbocycles. The normalized spacial score (nSPS) is 10.4. The molecule has 0 atom stereocenters. The van der Waals surface area contributed by atoms with Gasteiger partial charge < -0.3 is 10.6 Å². The summed E-state index contributed by atoms with van der Waals surface area (Å²) in [7, 11) is 0. The van der Waals surface area contributed by atoms with Gasteiger partial charge in [-0.2, -0.15) is 0 Å². The van der Waals surface area contributed by atoms with Crippen molar-refractivity contribution in [2.24, 2.45) is 0 Å². The predicted molar refractivity (Wildman–Crippen MR) is 89.3 cm³/mol. The van der Waals surface area contributed by atoms with E-state index in [1.165, 1.54) is 0 Å². The zero-order chi connectivity index (χ0) is 16.1. The number of amides is 2. The van der Waals surface area contributed by atoms with E-state index in [0.717, 1.165) is 11.1 Å². The number of carbonyl (C=O) groups is 2. The van der Waals surface area contributed by atoms with Crippen molar-refractivity contribution in [2.45, 2.75) is 19.2 Å². The van der Waals surface area contributed by atoms with Gasteiger partial charge in [0.2, 0.25) is 0 Å². The van der Waals surface area contributed by atoms with Crippen molar-refractivity contribution < 1.29 is 9.59 Å². The van der Waals surface area contributed by atoms with Crippen LogP contribution in [0, 0.1) is 13.8 Å². The van der Waals surface area contributed by atoms with Gasteiger partial charge in [-0.3, -0.25) is 9.59 Å². The van der Waals surface area contributed by atoms with Crippen LogP contribution in [-0.2, 0) is 9.59 Å². The molecule has 0 spiro atoms. The number of aryl methyl sites for hydroxylation is 2. The van der Waals surface area contributed by atoms with Crippen LogP contribution in [0.15, 0.2) is 48.5 Å². The van der Waals surface area contributed by atoms with E-state index in [4.69, 9.17) is 11.6 Å². The van der Waals surface area contributed by atoms with Crippen molar-refractivity contribution in [1.82, 2.24) is 0 Å². The summed E-state index contributed by atoms with van der Waals surface area (Å²) in [6, 6.07) is 14.5. The Morgan fingerprint density at radius 2 is 1.09 bits per heavy atom. The van der Waals surface area contributed by atoms with E-state index in [-0.39, 0.29) is 0 Å². The van der Waals surface area contributed by atoms with Crippen LogP contribution in [0.3, 0.4) is 0 Å². The molecule has 0 heterocycles. The molecule has 0 fully saturated rings. The highest BCUT2D eigenvalue weighted by atomic mass is 35.5. The molecule has 2 rings (SSSR count). The first kappa shape index (κ1) is 16.0. The summed E-state index contributed by atoms with van der Waals surface area (Å²) in [5.74, 6) is -1.12. The minimum absolute atomic E-state index is 0.560. The average Bonchev–Trinajstić information content (AvgIpc) is 2.51. The number of anilines is 2. The van der Waals surface area contributed by atoms with E-state index in [1.54, 1.807) is 24.3 Å². The molecule has 5 heteroatoms. The first-order chi connectivity index (χ1) is 10.5. The Hall–Kier alpha value is -2.33. The van der Waals surface area contributed by atoms with Crippen molar-refractivity contribution in [3.63, 3.8) is 0 Å². The maximum Gasteiger partial charge on any atom is 0.252 e. The third kappa shape index (κ3) is 4.33. The van der Waals surface area contributed by atoms with Gasteiger partial charge in [0.05, 0.1) is 0 Å². The molecule has 0 saturated heterocycles. The van der Waals surface area contributed by atoms with E-state index in [0.29, 0.717) is 11.4 Å². The summed E-state index contributed by atoms with van der Waals surface area (Å²) >= 11 is 5.92. The summed E-state index contributed by atoms with van der Waals surface area (Å²) < 4.78 is 0. The monoisotopic (exact) mass is 316 g/mol. The summed E-state index contributed by atoms with van der Waals surface area (Å²) in [5, 5.41) is 3.92. The Morgan fingerprint density at radius 3 is 1.41 bits per heavy atom. The lowest BCUT2D eigenvalue weighted by atomic mass is 10.2. The highest BCUT2D eigenvalue weighted by Crippen LogP contribution is 2.13. The molecule has 4 nitrogen and oxygen atoms in total. The zero-order valence-corrected chi connectivity index (χ0v) is 13.1. The summed E-state index contributed by atoms with van der Waals surface area (Å²) in [6.07, 6.45) is 0. The third-order valence-corrected chi connectivity index (χ3v) is 3.49. The average molecular weight is 317 g/mol. The Labute approximate surface area is 134 Å². The molecule has 2 aromatic rings. The van der Waals surface area contributed by atoms with Gasteiger partial charge in [0.25, 0.3) is 11.8 Å². The molecule has 2 amide bonds. The van der Waals surface area contributed by atoms with Crippen molar-refractivity contribution in [2.75, 3.05) is 10.6 Å². The molecule has 0 aromatic heterocycles. The van der Waals surface area contributed by atoms with Gasteiger partial charge in [-0.05, 0) is 38.1 Å². The maximum atomic E-state index is 12.0. The first-order valence-electron chi connectivity index (χ1n) is 6.85. The SMILES string of the molecule is Cc1ccc(NC(=O)C(Cl)C(=O)Nc2ccc(C)cc2)cc1. The van der Waals surface area contributed by atoms with Crippen molar-refractivity contribution >= 4 is 34.8 Å². The third-order valence-electron chi connectivity index (χ3n) is 3.10. The lowest BCUT2D eigenvalue weighted by Gasteiger charge is -2.11. The lowest BCUT2D eigenvalue weighted by molar-refractivity contribution is -0.123. The highest BCUT2D eigenvalue weighted by molar-refractivity contribution is 6.44. The summed E-state index contributed by atoms with van der Waals surface area (Å²) in [5.41, 5.74) is 3.36. The Bertz CT molecular complexity index is 607. The number of nitrogens with one attached hydrogen (secondary N) is 2. The molecule has 22 heavy (non-hydrogen) atoms. The smallest absolute Gasteiger partial charge is 0.252 e. The standard InChI is InChI=1S/C17H17ClN2O2/c1-11-3-7-13(8-4-11)19-16(21)15(18)17(22)20-14-9-5-12(2)6-10-14/h3-10,15H,1-2H3,(H,19,21)(H,20,22). The number of halogens is 1. The van der Waals surface area contributed by atoms with E-state index in [2.05, 4.69) is 10.6 Å². The van der Waals surface area contributed by atoms with Gasteiger partial charge in [-0.15, -0.1) is 11.6 Å². The van der Waals surface area contributed by atoms with Crippen molar-refractivity contribution in [3.05, 3.63) is 59.7 Å². The lowest BCUT2D eigenvalue weighted by Crippen LogP contribution is -2.34. The highest BCUT2D eigenvalue weighted by Gasteiger charge is 2.24. The number of hydrogen-bond donors (Lipinski definition) is 2. The minimum Gasteiger partial charge on any atom is -0.324 e. The number of rotatable bonds is 4. The van der Waals surface area contributed by atoms with Crippen LogP contribution in [0.4, 0.5) is 11.4 Å². The molecule has 0 radical (unpaired) electrons. The molecule has 2 aromatic carbocycles. The summed E-state index contributed by atoms with van der Waals surface area (Å²) in [6.45, 7) is 3.90. The molecule has 0 saturated carbocycles. The van der Waals surface area contributed by atoms with Crippen LogP contribution in [0.1, 0.15) is 11.1 Å². The molecular weight excluding hydrogens is 300 g/mol. The molecule has 0 unspecified atom stereocenters. The predicted octanol–water partition coefficient (Wildman–Crippen LogP) is 3.49. The molecule has 2 N–H and O–H groups in total. The Balaban J connectivity index is 1.95. The van der Waals surface area contributed by atoms with E-state index in [9.17, 15) is 9.59 Å². The van der Waals surface area contributed by atoms with Crippen molar-refractivity contribution in [1.29, 1.82) is 0 Å². The van der Waals surface area contributed by atoms with Crippen LogP contribution in [-0.4, -0.2) is 17.2 Å². The van der Waals surface area contributed by atoms with Crippen LogP contribution in [0.5, 0.6) is 0 Å². The molecule has 0 aliphatic rings. The quantitative estimate of drug-likeness (QED) is 0.670. The van der Waals surface area contributed by atoms with Crippen LogP contribution in [0.2, 0.25) is 0 Å². The van der Waals surface area contributed by atoms with Crippen LogP contribution >= 0.6 is 11.6 Å². The van der Waals surface area contributed by atoms with Gasteiger partial charge in [0.1, 0.15) is 0 Å². The zero-order valence-electron chi connectivity index (χ0n) is 12.4. The van der Waals surface area contributed by atoms with Gasteiger partial charge in [0, 0.05) is 11.4 Å². The van der Waals surface area contributed by atoms with Gasteiger partial charge in [-0.1, -0.05) is 35.4 Å². The van der Waals surface area contributed by atoms with E-state index in [1.807, 2.05) is 38.1 Å². The number of benzene rings is 2. The first-order valence-corrected chi connectivity index (χ1v) is 7.28. The number of alkyl halides is 1. The molecule has 0 bridgehead atoms. The topological polar surface area (TPSA) is 58.2 Å². The summed E-state index contributed by atoms with van der Waals surface area (Å²) in [4.78, 5) is 24.0. The fourth-order valence-electron chi connectivity index (χ4n) is 1.80. The number of carbonyl (C=O) groups excluding carboxylic acids is 2. The van der Waals surface area contributed by atoms with E-state index < -0.39 is 17.2 Å². The fraction of sp³-hybridized carbons (Fsp3) is 0.176. The fourth-order valence-corrected chi connectivity index (χ4v) is 1.91. The number of hydrogen-bond acceptors (Lipinski definition) is 2. The Kier molecular flexibility index (Phi) is 5.17.